The number of thiocarbonyl (C=S) groups is 1. The first-order chi connectivity index (χ1) is 10.2. The molecule has 0 spiro atoms. The highest BCUT2D eigenvalue weighted by Crippen LogP contribution is 2.30. The molecule has 2 aromatic rings. The number of benzene rings is 2. The van der Waals surface area contributed by atoms with Gasteiger partial charge in [0.25, 0.3) is 0 Å². The summed E-state index contributed by atoms with van der Waals surface area (Å²) in [6.45, 7) is 1.92. The van der Waals surface area contributed by atoms with Crippen LogP contribution < -0.4 is 15.4 Å². The maximum absolute atomic E-state index is 5.71. The van der Waals surface area contributed by atoms with E-state index in [0.717, 1.165) is 30.8 Å². The van der Waals surface area contributed by atoms with Gasteiger partial charge in [-0.1, -0.05) is 36.5 Å². The molecular formula is C17H18N2OS. The number of rotatable bonds is 4. The quantitative estimate of drug-likeness (QED) is 0.881. The van der Waals surface area contributed by atoms with Crippen LogP contribution in [0.3, 0.4) is 0 Å². The van der Waals surface area contributed by atoms with Crippen LogP contribution in [0.25, 0.3) is 0 Å². The Morgan fingerprint density at radius 3 is 2.86 bits per heavy atom. The standard InChI is InChI=1S/C17H18N2OS/c1-20-16-10-12(6-7-14(16)17(18)21)11-19-9-8-13-4-2-3-5-15(13)19/h2-7,10H,8-9,11H2,1H3,(H2,18,21). The molecule has 0 radical (unpaired) electrons. The van der Waals surface area contributed by atoms with Crippen molar-refractivity contribution in [2.24, 2.45) is 5.73 Å². The number of methoxy groups -OCH3 is 1. The summed E-state index contributed by atoms with van der Waals surface area (Å²) in [6, 6.07) is 14.6. The van der Waals surface area contributed by atoms with Gasteiger partial charge in [-0.25, -0.2) is 0 Å². The van der Waals surface area contributed by atoms with Gasteiger partial charge in [-0.3, -0.25) is 0 Å². The van der Waals surface area contributed by atoms with E-state index in [9.17, 15) is 0 Å². The molecule has 1 heterocycles. The summed E-state index contributed by atoms with van der Waals surface area (Å²) in [7, 11) is 1.64. The number of hydrogen-bond donors (Lipinski definition) is 1. The van der Waals surface area contributed by atoms with E-state index in [1.54, 1.807) is 7.11 Å². The largest absolute Gasteiger partial charge is 0.496 e. The van der Waals surface area contributed by atoms with Gasteiger partial charge in [-0.05, 0) is 35.7 Å². The summed E-state index contributed by atoms with van der Waals surface area (Å²) in [5, 5.41) is 0. The zero-order valence-corrected chi connectivity index (χ0v) is 12.8. The van der Waals surface area contributed by atoms with Crippen molar-refractivity contribution in [1.29, 1.82) is 0 Å². The van der Waals surface area contributed by atoms with Gasteiger partial charge in [-0.2, -0.15) is 0 Å². The van der Waals surface area contributed by atoms with Gasteiger partial charge in [0.2, 0.25) is 0 Å². The third-order valence-corrected chi connectivity index (χ3v) is 4.11. The van der Waals surface area contributed by atoms with Gasteiger partial charge in [0.05, 0.1) is 12.7 Å². The second kappa shape index (κ2) is 5.74. The highest BCUT2D eigenvalue weighted by Gasteiger charge is 2.18. The highest BCUT2D eigenvalue weighted by atomic mass is 32.1. The van der Waals surface area contributed by atoms with Crippen molar-refractivity contribution in [3.63, 3.8) is 0 Å². The molecule has 3 nitrogen and oxygen atoms in total. The normalized spacial score (nSPS) is 13.1. The zero-order valence-electron chi connectivity index (χ0n) is 12.0. The molecule has 0 atom stereocenters. The number of nitrogens with zero attached hydrogens (tertiary/aromatic N) is 1. The third kappa shape index (κ3) is 2.72. The summed E-state index contributed by atoms with van der Waals surface area (Å²) in [5.74, 6) is 0.743. The molecule has 0 saturated carbocycles. The van der Waals surface area contributed by atoms with Crippen LogP contribution in [0.1, 0.15) is 16.7 Å². The van der Waals surface area contributed by atoms with E-state index in [1.807, 2.05) is 12.1 Å². The van der Waals surface area contributed by atoms with Crippen LogP contribution in [-0.2, 0) is 13.0 Å². The summed E-state index contributed by atoms with van der Waals surface area (Å²) < 4.78 is 5.40. The SMILES string of the molecule is COc1cc(CN2CCc3ccccc32)ccc1C(N)=S. The Morgan fingerprint density at radius 1 is 1.29 bits per heavy atom. The minimum atomic E-state index is 0.366. The molecule has 108 valence electrons. The Kier molecular flexibility index (Phi) is 3.80. The lowest BCUT2D eigenvalue weighted by Crippen LogP contribution is -2.20. The molecule has 1 aliphatic heterocycles. The highest BCUT2D eigenvalue weighted by molar-refractivity contribution is 7.80. The molecule has 0 saturated heterocycles. The van der Waals surface area contributed by atoms with Crippen LogP contribution in [0.4, 0.5) is 5.69 Å². The first-order valence-corrected chi connectivity index (χ1v) is 7.39. The number of hydrogen-bond acceptors (Lipinski definition) is 3. The average molecular weight is 298 g/mol. The summed E-state index contributed by atoms with van der Waals surface area (Å²) in [6.07, 6.45) is 1.11. The number of nitrogens with two attached hydrogens (primary N) is 1. The van der Waals surface area contributed by atoms with Crippen molar-refractivity contribution in [2.75, 3.05) is 18.6 Å². The van der Waals surface area contributed by atoms with E-state index in [1.165, 1.54) is 16.8 Å². The van der Waals surface area contributed by atoms with E-state index in [-0.39, 0.29) is 0 Å². The van der Waals surface area contributed by atoms with Crippen molar-refractivity contribution in [2.45, 2.75) is 13.0 Å². The minimum Gasteiger partial charge on any atom is -0.496 e. The van der Waals surface area contributed by atoms with Gasteiger partial charge in [-0.15, -0.1) is 0 Å². The molecule has 2 N–H and O–H groups in total. The number of anilines is 1. The minimum absolute atomic E-state index is 0.366. The fourth-order valence-corrected chi connectivity index (χ4v) is 3.00. The maximum atomic E-state index is 5.71. The molecule has 2 aromatic carbocycles. The van der Waals surface area contributed by atoms with Gasteiger partial charge in [0, 0.05) is 18.8 Å². The molecular weight excluding hydrogens is 280 g/mol. The first kappa shape index (κ1) is 13.9. The number of ether oxygens (including phenoxy) is 1. The van der Waals surface area contributed by atoms with E-state index >= 15 is 0 Å². The molecule has 0 unspecified atom stereocenters. The lowest BCUT2D eigenvalue weighted by molar-refractivity contribution is 0.413. The fourth-order valence-electron chi connectivity index (χ4n) is 2.83. The molecule has 0 amide bonds. The number of fused-ring (bicyclic) bond motifs is 1. The van der Waals surface area contributed by atoms with Crippen molar-refractivity contribution in [1.82, 2.24) is 0 Å². The van der Waals surface area contributed by atoms with Crippen LogP contribution >= 0.6 is 12.2 Å². The average Bonchev–Trinajstić information content (AvgIpc) is 2.90. The van der Waals surface area contributed by atoms with Crippen LogP contribution in [0.2, 0.25) is 0 Å². The van der Waals surface area contributed by atoms with Crippen LogP contribution in [0.5, 0.6) is 5.75 Å². The molecule has 1 aliphatic rings. The first-order valence-electron chi connectivity index (χ1n) is 6.98. The van der Waals surface area contributed by atoms with Crippen molar-refractivity contribution < 1.29 is 4.74 Å². The second-order valence-corrected chi connectivity index (χ2v) is 5.64. The third-order valence-electron chi connectivity index (χ3n) is 3.89. The second-order valence-electron chi connectivity index (χ2n) is 5.20. The molecule has 3 rings (SSSR count). The predicted molar refractivity (Wildman–Crippen MR) is 90.1 cm³/mol. The molecule has 0 aliphatic carbocycles. The Balaban J connectivity index is 1.85. The Labute approximate surface area is 130 Å². The summed E-state index contributed by atoms with van der Waals surface area (Å²) >= 11 is 5.04. The predicted octanol–water partition coefficient (Wildman–Crippen LogP) is 2.89. The lowest BCUT2D eigenvalue weighted by atomic mass is 10.1. The Bertz CT molecular complexity index is 684. The number of para-hydroxylation sites is 1. The molecule has 0 fully saturated rings. The maximum Gasteiger partial charge on any atom is 0.129 e. The van der Waals surface area contributed by atoms with Gasteiger partial charge < -0.3 is 15.4 Å². The summed E-state index contributed by atoms with van der Waals surface area (Å²) in [5.41, 5.74) is 10.4. The van der Waals surface area contributed by atoms with Gasteiger partial charge in [0.15, 0.2) is 0 Å². The van der Waals surface area contributed by atoms with Crippen LogP contribution in [-0.4, -0.2) is 18.6 Å². The van der Waals surface area contributed by atoms with E-state index < -0.39 is 0 Å². The van der Waals surface area contributed by atoms with E-state index in [0.29, 0.717) is 4.99 Å². The van der Waals surface area contributed by atoms with E-state index in [2.05, 4.69) is 35.2 Å². The van der Waals surface area contributed by atoms with Gasteiger partial charge in [0.1, 0.15) is 10.7 Å². The van der Waals surface area contributed by atoms with Crippen molar-refractivity contribution in [3.8, 4) is 5.75 Å². The monoisotopic (exact) mass is 298 g/mol. The van der Waals surface area contributed by atoms with Crippen molar-refractivity contribution in [3.05, 3.63) is 59.2 Å². The van der Waals surface area contributed by atoms with Crippen LogP contribution in [0.15, 0.2) is 42.5 Å². The summed E-state index contributed by atoms with van der Waals surface area (Å²) in [4.78, 5) is 2.76. The molecule has 21 heavy (non-hydrogen) atoms. The van der Waals surface area contributed by atoms with Crippen LogP contribution in [0, 0.1) is 0 Å². The van der Waals surface area contributed by atoms with Crippen molar-refractivity contribution >= 4 is 22.9 Å². The molecule has 0 bridgehead atoms. The fraction of sp³-hybridized carbons (Fsp3) is 0.235. The smallest absolute Gasteiger partial charge is 0.129 e. The Hall–Kier alpha value is -2.07. The lowest BCUT2D eigenvalue weighted by Gasteiger charge is -2.20. The molecule has 4 heteroatoms. The van der Waals surface area contributed by atoms with Gasteiger partial charge >= 0.3 is 0 Å². The van der Waals surface area contributed by atoms with E-state index in [4.69, 9.17) is 22.7 Å². The zero-order chi connectivity index (χ0) is 14.8. The topological polar surface area (TPSA) is 38.5 Å². The Morgan fingerprint density at radius 2 is 2.10 bits per heavy atom. The molecule has 0 aromatic heterocycles.